The van der Waals surface area contributed by atoms with Crippen molar-refractivity contribution in [1.82, 2.24) is 0 Å². The lowest BCUT2D eigenvalue weighted by atomic mass is 9.89. The molecular formula is C17H25N3. The first kappa shape index (κ1) is 14.7. The number of aryl methyl sites for hydroxylation is 1. The Morgan fingerprint density at radius 3 is 2.90 bits per heavy atom. The Kier molecular flexibility index (Phi) is 4.54. The Morgan fingerprint density at radius 2 is 2.15 bits per heavy atom. The molecular weight excluding hydrogens is 246 g/mol. The van der Waals surface area contributed by atoms with Crippen LogP contribution in [0.4, 0.5) is 11.4 Å². The van der Waals surface area contributed by atoms with Crippen LogP contribution >= 0.6 is 0 Å². The third kappa shape index (κ3) is 3.66. The van der Waals surface area contributed by atoms with Crippen LogP contribution in [0.3, 0.4) is 0 Å². The minimum atomic E-state index is -0.186. The molecule has 0 amide bonds. The van der Waals surface area contributed by atoms with E-state index in [1.807, 2.05) is 19.9 Å². The molecule has 0 atom stereocenters. The van der Waals surface area contributed by atoms with Gasteiger partial charge in [-0.15, -0.1) is 0 Å². The standard InChI is InChI=1S/C17H25N3/c1-17(2,13-18)9-3-4-10-20-11-5-6-14-12-15(19)7-8-16(14)20/h7-8,12H,3-6,9-11,19H2,1-2H3. The van der Waals surface area contributed by atoms with Gasteiger partial charge in [0.1, 0.15) is 0 Å². The highest BCUT2D eigenvalue weighted by Crippen LogP contribution is 2.29. The summed E-state index contributed by atoms with van der Waals surface area (Å²) >= 11 is 0. The van der Waals surface area contributed by atoms with Gasteiger partial charge in [0.2, 0.25) is 0 Å². The smallest absolute Gasteiger partial charge is 0.0683 e. The van der Waals surface area contributed by atoms with Crippen LogP contribution in [0, 0.1) is 16.7 Å². The summed E-state index contributed by atoms with van der Waals surface area (Å²) in [6.07, 6.45) is 5.58. The molecule has 0 aliphatic carbocycles. The van der Waals surface area contributed by atoms with Gasteiger partial charge in [-0.1, -0.05) is 6.42 Å². The average Bonchev–Trinajstić information content (AvgIpc) is 2.43. The van der Waals surface area contributed by atoms with E-state index in [2.05, 4.69) is 23.1 Å². The SMILES string of the molecule is CC(C)(C#N)CCCCN1CCCc2cc(N)ccc21. The summed E-state index contributed by atoms with van der Waals surface area (Å²) in [4.78, 5) is 2.47. The van der Waals surface area contributed by atoms with Gasteiger partial charge in [-0.25, -0.2) is 0 Å². The van der Waals surface area contributed by atoms with Gasteiger partial charge in [-0.2, -0.15) is 5.26 Å². The molecule has 1 aliphatic rings. The zero-order valence-corrected chi connectivity index (χ0v) is 12.7. The van der Waals surface area contributed by atoms with E-state index in [4.69, 9.17) is 11.0 Å². The van der Waals surface area contributed by atoms with E-state index in [9.17, 15) is 0 Å². The number of nitrogens with zero attached hydrogens (tertiary/aromatic N) is 2. The average molecular weight is 271 g/mol. The van der Waals surface area contributed by atoms with E-state index in [-0.39, 0.29) is 5.41 Å². The largest absolute Gasteiger partial charge is 0.399 e. The molecule has 0 spiro atoms. The van der Waals surface area contributed by atoms with Crippen LogP contribution < -0.4 is 10.6 Å². The van der Waals surface area contributed by atoms with Gasteiger partial charge in [0.25, 0.3) is 0 Å². The number of fused-ring (bicyclic) bond motifs is 1. The normalized spacial score (nSPS) is 14.8. The van der Waals surface area contributed by atoms with Gasteiger partial charge in [-0.3, -0.25) is 0 Å². The van der Waals surface area contributed by atoms with Crippen LogP contribution in [0.1, 0.15) is 45.1 Å². The molecule has 1 aliphatic heterocycles. The Balaban J connectivity index is 1.88. The number of hydrogen-bond donors (Lipinski definition) is 1. The van der Waals surface area contributed by atoms with Crippen molar-refractivity contribution in [1.29, 1.82) is 5.26 Å². The maximum Gasteiger partial charge on any atom is 0.0683 e. The first-order valence-electron chi connectivity index (χ1n) is 7.56. The molecule has 1 heterocycles. The van der Waals surface area contributed by atoms with Crippen LogP contribution in [0.5, 0.6) is 0 Å². The lowest BCUT2D eigenvalue weighted by molar-refractivity contribution is 0.426. The summed E-state index contributed by atoms with van der Waals surface area (Å²) in [5.74, 6) is 0. The fraction of sp³-hybridized carbons (Fsp3) is 0.588. The number of hydrogen-bond acceptors (Lipinski definition) is 3. The minimum absolute atomic E-state index is 0.186. The van der Waals surface area contributed by atoms with E-state index in [0.717, 1.165) is 44.5 Å². The molecule has 0 saturated carbocycles. The lowest BCUT2D eigenvalue weighted by Gasteiger charge is -2.31. The maximum absolute atomic E-state index is 9.03. The van der Waals surface area contributed by atoms with Crippen LogP contribution in [-0.4, -0.2) is 13.1 Å². The number of unbranched alkanes of at least 4 members (excludes halogenated alkanes) is 1. The number of nitrogen functional groups attached to an aromatic ring is 1. The van der Waals surface area contributed by atoms with Crippen molar-refractivity contribution >= 4 is 11.4 Å². The molecule has 0 fully saturated rings. The summed E-state index contributed by atoms with van der Waals surface area (Å²) in [5.41, 5.74) is 9.27. The zero-order chi connectivity index (χ0) is 14.6. The van der Waals surface area contributed by atoms with E-state index in [1.54, 1.807) is 0 Å². The first-order chi connectivity index (χ1) is 9.52. The van der Waals surface area contributed by atoms with Crippen molar-refractivity contribution in [2.24, 2.45) is 5.41 Å². The number of nitriles is 1. The molecule has 2 rings (SSSR count). The fourth-order valence-electron chi connectivity index (χ4n) is 2.85. The second-order valence-electron chi connectivity index (χ2n) is 6.43. The molecule has 0 radical (unpaired) electrons. The number of benzene rings is 1. The van der Waals surface area contributed by atoms with Crippen LogP contribution in [0.2, 0.25) is 0 Å². The Hall–Kier alpha value is -1.69. The van der Waals surface area contributed by atoms with E-state index < -0.39 is 0 Å². The molecule has 0 saturated heterocycles. The predicted molar refractivity (Wildman–Crippen MR) is 84.6 cm³/mol. The predicted octanol–water partition coefficient (Wildman–Crippen LogP) is 3.74. The van der Waals surface area contributed by atoms with Crippen LogP contribution in [0.15, 0.2) is 18.2 Å². The highest BCUT2D eigenvalue weighted by molar-refractivity contribution is 5.61. The molecule has 0 bridgehead atoms. The second kappa shape index (κ2) is 6.17. The summed E-state index contributed by atoms with van der Waals surface area (Å²) in [6, 6.07) is 8.64. The third-order valence-corrected chi connectivity index (χ3v) is 4.10. The fourth-order valence-corrected chi connectivity index (χ4v) is 2.85. The summed E-state index contributed by atoms with van der Waals surface area (Å²) in [5, 5.41) is 9.03. The monoisotopic (exact) mass is 271 g/mol. The molecule has 0 aromatic heterocycles. The Morgan fingerprint density at radius 1 is 1.35 bits per heavy atom. The molecule has 2 N–H and O–H groups in total. The van der Waals surface area contributed by atoms with Crippen molar-refractivity contribution in [2.75, 3.05) is 23.7 Å². The molecule has 0 unspecified atom stereocenters. The number of nitrogens with two attached hydrogens (primary N) is 1. The molecule has 20 heavy (non-hydrogen) atoms. The van der Waals surface area contributed by atoms with Crippen molar-refractivity contribution < 1.29 is 0 Å². The van der Waals surface area contributed by atoms with Gasteiger partial charge in [0, 0.05) is 24.5 Å². The topological polar surface area (TPSA) is 53.0 Å². The summed E-state index contributed by atoms with van der Waals surface area (Å²) in [7, 11) is 0. The Labute approximate surface area is 122 Å². The molecule has 3 heteroatoms. The molecule has 3 nitrogen and oxygen atoms in total. The van der Waals surface area contributed by atoms with E-state index >= 15 is 0 Å². The van der Waals surface area contributed by atoms with Gasteiger partial charge in [0.05, 0.1) is 11.5 Å². The minimum Gasteiger partial charge on any atom is -0.399 e. The summed E-state index contributed by atoms with van der Waals surface area (Å²) in [6.45, 7) is 6.26. The number of rotatable bonds is 5. The van der Waals surface area contributed by atoms with Crippen molar-refractivity contribution in [3.8, 4) is 6.07 Å². The number of anilines is 2. The molecule has 108 valence electrons. The van der Waals surface area contributed by atoms with Crippen molar-refractivity contribution in [3.05, 3.63) is 23.8 Å². The zero-order valence-electron chi connectivity index (χ0n) is 12.7. The highest BCUT2D eigenvalue weighted by atomic mass is 15.1. The molecule has 1 aromatic carbocycles. The van der Waals surface area contributed by atoms with Crippen LogP contribution in [0.25, 0.3) is 0 Å². The van der Waals surface area contributed by atoms with Crippen LogP contribution in [-0.2, 0) is 6.42 Å². The van der Waals surface area contributed by atoms with E-state index in [1.165, 1.54) is 17.7 Å². The van der Waals surface area contributed by atoms with Gasteiger partial charge in [-0.05, 0) is 63.3 Å². The van der Waals surface area contributed by atoms with Gasteiger partial charge >= 0.3 is 0 Å². The first-order valence-corrected chi connectivity index (χ1v) is 7.56. The Bertz CT molecular complexity index is 499. The van der Waals surface area contributed by atoms with Gasteiger partial charge in [0.15, 0.2) is 0 Å². The van der Waals surface area contributed by atoms with Crippen molar-refractivity contribution in [3.63, 3.8) is 0 Å². The third-order valence-electron chi connectivity index (χ3n) is 4.10. The van der Waals surface area contributed by atoms with Gasteiger partial charge < -0.3 is 10.6 Å². The lowest BCUT2D eigenvalue weighted by Crippen LogP contribution is -2.30. The summed E-state index contributed by atoms with van der Waals surface area (Å²) < 4.78 is 0. The second-order valence-corrected chi connectivity index (χ2v) is 6.43. The quantitative estimate of drug-likeness (QED) is 0.655. The maximum atomic E-state index is 9.03. The van der Waals surface area contributed by atoms with Crippen molar-refractivity contribution in [2.45, 2.75) is 46.0 Å². The molecule has 1 aromatic rings. The highest BCUT2D eigenvalue weighted by Gasteiger charge is 2.18. The van der Waals surface area contributed by atoms with E-state index in [0.29, 0.717) is 0 Å².